The third kappa shape index (κ3) is 2.81. The van der Waals surface area contributed by atoms with E-state index in [2.05, 4.69) is 5.32 Å². The van der Waals surface area contributed by atoms with Gasteiger partial charge in [0.1, 0.15) is 6.10 Å². The Balaban J connectivity index is 1.60. The molecule has 0 bridgehead atoms. The van der Waals surface area contributed by atoms with Gasteiger partial charge in [0.05, 0.1) is 5.69 Å². The summed E-state index contributed by atoms with van der Waals surface area (Å²) < 4.78 is 22.2. The maximum Gasteiger partial charge on any atom is 0.269 e. The molecule has 2 aliphatic heterocycles. The summed E-state index contributed by atoms with van der Waals surface area (Å²) >= 11 is 0. The molecule has 2 unspecified atom stereocenters. The number of amides is 1. The van der Waals surface area contributed by atoms with Crippen molar-refractivity contribution in [1.82, 2.24) is 0 Å². The van der Waals surface area contributed by atoms with Crippen LogP contribution in [-0.4, -0.2) is 30.7 Å². The topological polar surface area (TPSA) is 83.1 Å². The van der Waals surface area contributed by atoms with Gasteiger partial charge in [-0.05, 0) is 32.0 Å². The normalized spacial score (nSPS) is 19.8. The van der Waals surface area contributed by atoms with Gasteiger partial charge in [-0.1, -0.05) is 12.1 Å². The first-order valence-electron chi connectivity index (χ1n) is 8.20. The van der Waals surface area contributed by atoms with E-state index in [9.17, 15) is 9.59 Å². The van der Waals surface area contributed by atoms with E-state index in [0.29, 0.717) is 34.2 Å². The number of Topliss-reactive ketones (excluding diaryl/α,β-unsaturated/α-hetero) is 1. The largest absolute Gasteiger partial charge is 0.482 e. The Bertz CT molecular complexity index is 894. The zero-order valence-electron chi connectivity index (χ0n) is 14.3. The highest BCUT2D eigenvalue weighted by Gasteiger charge is 2.34. The molecule has 4 rings (SSSR count). The van der Waals surface area contributed by atoms with Crippen LogP contribution < -0.4 is 24.3 Å². The van der Waals surface area contributed by atoms with Gasteiger partial charge in [-0.25, -0.2) is 0 Å². The Morgan fingerprint density at radius 1 is 1.00 bits per heavy atom. The zero-order valence-corrected chi connectivity index (χ0v) is 14.3. The van der Waals surface area contributed by atoms with Crippen molar-refractivity contribution in [2.24, 2.45) is 0 Å². The van der Waals surface area contributed by atoms with Crippen LogP contribution in [0.2, 0.25) is 0 Å². The highest BCUT2D eigenvalue weighted by atomic mass is 16.7. The maximum atomic E-state index is 12.8. The average Bonchev–Trinajstić information content (AvgIpc) is 3.07. The maximum absolute atomic E-state index is 12.8. The van der Waals surface area contributed by atoms with Gasteiger partial charge in [0, 0.05) is 11.6 Å². The molecule has 0 radical (unpaired) electrons. The lowest BCUT2D eigenvalue weighted by atomic mass is 10.1. The molecule has 7 nitrogen and oxygen atoms in total. The molecule has 0 aromatic heterocycles. The van der Waals surface area contributed by atoms with E-state index in [0.717, 1.165) is 0 Å². The predicted molar refractivity (Wildman–Crippen MR) is 92.1 cm³/mol. The number of hydrogen-bond acceptors (Lipinski definition) is 6. The van der Waals surface area contributed by atoms with Crippen molar-refractivity contribution >= 4 is 17.4 Å². The Labute approximate surface area is 149 Å². The van der Waals surface area contributed by atoms with Gasteiger partial charge in [0.15, 0.2) is 28.8 Å². The molecule has 134 valence electrons. The van der Waals surface area contributed by atoms with Crippen molar-refractivity contribution in [3.8, 4) is 23.0 Å². The average molecular weight is 355 g/mol. The molecule has 1 N–H and O–H groups in total. The van der Waals surface area contributed by atoms with Gasteiger partial charge >= 0.3 is 0 Å². The number of fused-ring (bicyclic) bond motifs is 2. The third-order valence-corrected chi connectivity index (χ3v) is 4.25. The molecule has 1 amide bonds. The minimum atomic E-state index is -0.852. The number of nitrogens with one attached hydrogen (secondary N) is 1. The van der Waals surface area contributed by atoms with Crippen molar-refractivity contribution in [3.63, 3.8) is 0 Å². The van der Waals surface area contributed by atoms with Crippen molar-refractivity contribution in [1.29, 1.82) is 0 Å². The van der Waals surface area contributed by atoms with E-state index in [1.807, 2.05) is 6.07 Å². The van der Waals surface area contributed by atoms with Crippen molar-refractivity contribution < 1.29 is 28.5 Å². The number of hydrogen-bond donors (Lipinski definition) is 1. The van der Waals surface area contributed by atoms with Crippen LogP contribution in [0.25, 0.3) is 0 Å². The molecule has 2 aliphatic rings. The first-order chi connectivity index (χ1) is 12.5. The Morgan fingerprint density at radius 2 is 1.65 bits per heavy atom. The minimum absolute atomic E-state index is 0.0808. The number of carbonyl (C=O) groups excluding carboxylic acids is 2. The fraction of sp³-hybridized carbons (Fsp3) is 0.263. The quantitative estimate of drug-likeness (QED) is 0.853. The molecule has 0 saturated carbocycles. The summed E-state index contributed by atoms with van der Waals surface area (Å²) in [6.45, 7) is 3.26. The molecule has 2 heterocycles. The number of ether oxygens (including phenoxy) is 4. The minimum Gasteiger partial charge on any atom is -0.482 e. The van der Waals surface area contributed by atoms with Crippen molar-refractivity contribution in [3.05, 3.63) is 42.0 Å². The summed E-state index contributed by atoms with van der Waals surface area (Å²) in [7, 11) is 0. The molecule has 0 saturated heterocycles. The Morgan fingerprint density at radius 3 is 2.35 bits per heavy atom. The number of anilines is 1. The van der Waals surface area contributed by atoms with Gasteiger partial charge in [0.2, 0.25) is 12.9 Å². The van der Waals surface area contributed by atoms with Crippen LogP contribution >= 0.6 is 0 Å². The summed E-state index contributed by atoms with van der Waals surface area (Å²) in [6.07, 6.45) is -1.34. The standard InChI is InChI=1S/C19H17NO6/c1-10(21)12-7-16-17(24-9-23-16)8-13(12)20-19(22)18-11(2)25-14-5-3-4-6-15(14)26-18/h3-8,11,18H,9H2,1-2H3,(H,20,22). The number of ketones is 1. The fourth-order valence-electron chi connectivity index (χ4n) is 2.95. The van der Waals surface area contributed by atoms with E-state index < -0.39 is 18.1 Å². The molecule has 2 atom stereocenters. The number of benzene rings is 2. The van der Waals surface area contributed by atoms with Gasteiger partial charge in [-0.2, -0.15) is 0 Å². The van der Waals surface area contributed by atoms with E-state index in [1.165, 1.54) is 6.92 Å². The predicted octanol–water partition coefficient (Wildman–Crippen LogP) is 2.78. The second-order valence-corrected chi connectivity index (χ2v) is 6.10. The first-order valence-corrected chi connectivity index (χ1v) is 8.20. The van der Waals surface area contributed by atoms with Crippen molar-refractivity contribution in [2.75, 3.05) is 12.1 Å². The first kappa shape index (κ1) is 16.3. The smallest absolute Gasteiger partial charge is 0.269 e. The third-order valence-electron chi connectivity index (χ3n) is 4.25. The van der Waals surface area contributed by atoms with Crippen LogP contribution in [0.15, 0.2) is 36.4 Å². The Kier molecular flexibility index (Phi) is 3.91. The lowest BCUT2D eigenvalue weighted by molar-refractivity contribution is -0.128. The summed E-state index contributed by atoms with van der Waals surface area (Å²) in [6, 6.07) is 10.3. The molecule has 7 heteroatoms. The van der Waals surface area contributed by atoms with Gasteiger partial charge in [-0.15, -0.1) is 0 Å². The highest BCUT2D eigenvalue weighted by Crippen LogP contribution is 2.38. The summed E-state index contributed by atoms with van der Waals surface area (Å²) in [5.41, 5.74) is 0.689. The summed E-state index contributed by atoms with van der Waals surface area (Å²) in [5, 5.41) is 2.75. The van der Waals surface area contributed by atoms with Crippen LogP contribution in [0.5, 0.6) is 23.0 Å². The second-order valence-electron chi connectivity index (χ2n) is 6.10. The lowest BCUT2D eigenvalue weighted by Gasteiger charge is -2.31. The van der Waals surface area contributed by atoms with Crippen molar-refractivity contribution in [2.45, 2.75) is 26.1 Å². The molecular weight excluding hydrogens is 338 g/mol. The van der Waals surface area contributed by atoms with E-state index in [-0.39, 0.29) is 12.6 Å². The number of carbonyl (C=O) groups is 2. The highest BCUT2D eigenvalue weighted by molar-refractivity contribution is 6.05. The number of rotatable bonds is 3. The Hall–Kier alpha value is -3.22. The fourth-order valence-corrected chi connectivity index (χ4v) is 2.95. The summed E-state index contributed by atoms with van der Waals surface area (Å²) in [4.78, 5) is 24.7. The molecule has 0 spiro atoms. The molecule has 2 aromatic rings. The number of para-hydroxylation sites is 2. The van der Waals surface area contributed by atoms with Gasteiger partial charge in [-0.3, -0.25) is 9.59 Å². The van der Waals surface area contributed by atoms with Gasteiger partial charge < -0.3 is 24.3 Å². The zero-order chi connectivity index (χ0) is 18.3. The molecular formula is C19H17NO6. The van der Waals surface area contributed by atoms with Crippen LogP contribution in [0, 0.1) is 0 Å². The van der Waals surface area contributed by atoms with E-state index in [4.69, 9.17) is 18.9 Å². The SMILES string of the molecule is CC(=O)c1cc2c(cc1NC(=O)C1Oc3ccccc3OC1C)OCO2. The monoisotopic (exact) mass is 355 g/mol. The van der Waals surface area contributed by atoms with Crippen LogP contribution in [0.4, 0.5) is 5.69 Å². The van der Waals surface area contributed by atoms with Crippen LogP contribution in [0.1, 0.15) is 24.2 Å². The molecule has 2 aromatic carbocycles. The molecule has 0 fully saturated rings. The van der Waals surface area contributed by atoms with E-state index in [1.54, 1.807) is 37.3 Å². The summed E-state index contributed by atoms with van der Waals surface area (Å²) in [5.74, 6) is 1.45. The second kappa shape index (κ2) is 6.25. The van der Waals surface area contributed by atoms with Crippen LogP contribution in [-0.2, 0) is 4.79 Å². The van der Waals surface area contributed by atoms with Crippen LogP contribution in [0.3, 0.4) is 0 Å². The molecule has 26 heavy (non-hydrogen) atoms. The van der Waals surface area contributed by atoms with Gasteiger partial charge in [0.25, 0.3) is 5.91 Å². The van der Waals surface area contributed by atoms with E-state index >= 15 is 0 Å². The molecule has 0 aliphatic carbocycles. The lowest BCUT2D eigenvalue weighted by Crippen LogP contribution is -2.46.